The number of amides is 1. The maximum atomic E-state index is 11.8. The van der Waals surface area contributed by atoms with Gasteiger partial charge < -0.3 is 4.42 Å². The van der Waals surface area contributed by atoms with Crippen LogP contribution in [0.5, 0.6) is 0 Å². The lowest BCUT2D eigenvalue weighted by Gasteiger charge is -2.12. The number of likely N-dealkylation sites (tertiary alicyclic amines) is 1. The van der Waals surface area contributed by atoms with Crippen molar-refractivity contribution in [3.05, 3.63) is 35.6 Å². The molecule has 2 aromatic rings. The van der Waals surface area contributed by atoms with E-state index in [1.54, 1.807) is 6.21 Å². The molecule has 0 radical (unpaired) electrons. The molecule has 0 atom stereocenters. The smallest absolute Gasteiger partial charge is 0.254 e. The number of nitrogens with zero attached hydrogens (tertiary/aromatic N) is 2. The van der Waals surface area contributed by atoms with Crippen LogP contribution in [0.15, 0.2) is 33.8 Å². The van der Waals surface area contributed by atoms with E-state index in [0.29, 0.717) is 6.54 Å². The maximum absolute atomic E-state index is 11.8. The first-order valence-electron chi connectivity index (χ1n) is 7.26. The van der Waals surface area contributed by atoms with E-state index in [-0.39, 0.29) is 5.91 Å². The molecule has 1 saturated heterocycles. The highest BCUT2D eigenvalue weighted by Crippen LogP contribution is 2.23. The second-order valence-electron chi connectivity index (χ2n) is 5.34. The Kier molecular flexibility index (Phi) is 4.01. The fraction of sp³-hybridized carbons (Fsp3) is 0.375. The molecule has 21 heavy (non-hydrogen) atoms. The van der Waals surface area contributed by atoms with Gasteiger partial charge in [-0.3, -0.25) is 9.69 Å². The molecule has 5 nitrogen and oxygen atoms in total. The lowest BCUT2D eigenvalue weighted by Crippen LogP contribution is -2.33. The van der Waals surface area contributed by atoms with Gasteiger partial charge in [-0.05, 0) is 38.9 Å². The number of fused-ring (bicyclic) bond motifs is 1. The van der Waals surface area contributed by atoms with E-state index in [1.807, 2.05) is 31.2 Å². The number of carbonyl (C=O) groups excluding carboxylic acids is 1. The van der Waals surface area contributed by atoms with Crippen molar-refractivity contribution in [1.29, 1.82) is 0 Å². The normalized spacial score (nSPS) is 16.0. The van der Waals surface area contributed by atoms with Crippen molar-refractivity contribution in [3.8, 4) is 0 Å². The highest BCUT2D eigenvalue weighted by molar-refractivity contribution is 5.99. The average molecular weight is 285 g/mol. The second-order valence-corrected chi connectivity index (χ2v) is 5.34. The summed E-state index contributed by atoms with van der Waals surface area (Å²) in [5.41, 5.74) is 4.33. The van der Waals surface area contributed by atoms with Crippen LogP contribution in [0.25, 0.3) is 11.0 Å². The van der Waals surface area contributed by atoms with E-state index in [2.05, 4.69) is 15.4 Å². The highest BCUT2D eigenvalue weighted by atomic mass is 16.3. The zero-order valence-electron chi connectivity index (χ0n) is 12.1. The van der Waals surface area contributed by atoms with Gasteiger partial charge in [0.1, 0.15) is 11.3 Å². The zero-order valence-corrected chi connectivity index (χ0v) is 12.1. The summed E-state index contributed by atoms with van der Waals surface area (Å²) >= 11 is 0. The van der Waals surface area contributed by atoms with E-state index >= 15 is 0 Å². The standard InChI is InChI=1S/C16H19N3O2/c1-12-14(13-6-2-3-7-15(13)21-12)10-17-18-16(20)11-19-8-4-5-9-19/h2-3,6-7,10H,4-5,8-9,11H2,1H3,(H,18,20). The van der Waals surface area contributed by atoms with Gasteiger partial charge in [0.05, 0.1) is 12.8 Å². The Bertz CT molecular complexity index is 669. The summed E-state index contributed by atoms with van der Waals surface area (Å²) in [6.07, 6.45) is 4.01. The first kappa shape index (κ1) is 13.8. The first-order valence-corrected chi connectivity index (χ1v) is 7.26. The van der Waals surface area contributed by atoms with Gasteiger partial charge in [0.25, 0.3) is 5.91 Å². The molecule has 0 spiro atoms. The van der Waals surface area contributed by atoms with Crippen molar-refractivity contribution < 1.29 is 9.21 Å². The van der Waals surface area contributed by atoms with Gasteiger partial charge in [0, 0.05) is 10.9 Å². The third-order valence-corrected chi connectivity index (χ3v) is 3.77. The van der Waals surface area contributed by atoms with Gasteiger partial charge in [0.15, 0.2) is 0 Å². The Morgan fingerprint density at radius 2 is 2.14 bits per heavy atom. The number of benzene rings is 1. The Morgan fingerprint density at radius 1 is 1.38 bits per heavy atom. The molecule has 0 unspecified atom stereocenters. The summed E-state index contributed by atoms with van der Waals surface area (Å²) in [5, 5.41) is 5.06. The average Bonchev–Trinajstić information content (AvgIpc) is 3.07. The minimum Gasteiger partial charge on any atom is -0.461 e. The van der Waals surface area contributed by atoms with Crippen LogP contribution in [0, 0.1) is 6.92 Å². The molecule has 1 amide bonds. The second kappa shape index (κ2) is 6.10. The van der Waals surface area contributed by atoms with Crippen molar-refractivity contribution in [1.82, 2.24) is 10.3 Å². The van der Waals surface area contributed by atoms with Crippen LogP contribution in [0.4, 0.5) is 0 Å². The number of furan rings is 1. The fourth-order valence-electron chi connectivity index (χ4n) is 2.70. The lowest BCUT2D eigenvalue weighted by molar-refractivity contribution is -0.121. The molecule has 0 aliphatic carbocycles. The third kappa shape index (κ3) is 3.13. The lowest BCUT2D eigenvalue weighted by atomic mass is 10.1. The molecule has 110 valence electrons. The van der Waals surface area contributed by atoms with E-state index in [9.17, 15) is 4.79 Å². The topological polar surface area (TPSA) is 57.8 Å². The van der Waals surface area contributed by atoms with Crippen molar-refractivity contribution in [2.24, 2.45) is 5.10 Å². The number of para-hydroxylation sites is 1. The van der Waals surface area contributed by atoms with Crippen molar-refractivity contribution in [3.63, 3.8) is 0 Å². The Hall–Kier alpha value is -2.14. The van der Waals surface area contributed by atoms with Crippen LogP contribution in [0.3, 0.4) is 0 Å². The maximum Gasteiger partial charge on any atom is 0.254 e. The molecule has 5 heteroatoms. The molecule has 0 bridgehead atoms. The van der Waals surface area contributed by atoms with Gasteiger partial charge in [-0.1, -0.05) is 18.2 Å². The van der Waals surface area contributed by atoms with E-state index in [4.69, 9.17) is 4.42 Å². The van der Waals surface area contributed by atoms with Crippen LogP contribution in [0.1, 0.15) is 24.2 Å². The number of hydrogen-bond acceptors (Lipinski definition) is 4. The third-order valence-electron chi connectivity index (χ3n) is 3.77. The highest BCUT2D eigenvalue weighted by Gasteiger charge is 2.14. The summed E-state index contributed by atoms with van der Waals surface area (Å²) in [4.78, 5) is 13.9. The number of aryl methyl sites for hydroxylation is 1. The van der Waals surface area contributed by atoms with Crippen LogP contribution in [-0.2, 0) is 4.79 Å². The fourth-order valence-corrected chi connectivity index (χ4v) is 2.70. The zero-order chi connectivity index (χ0) is 14.7. The number of nitrogens with one attached hydrogen (secondary N) is 1. The van der Waals surface area contributed by atoms with Crippen LogP contribution >= 0.6 is 0 Å². The Balaban J connectivity index is 1.64. The molecule has 1 aromatic heterocycles. The Labute approximate surface area is 123 Å². The molecular weight excluding hydrogens is 266 g/mol. The van der Waals surface area contributed by atoms with Gasteiger partial charge in [-0.2, -0.15) is 5.10 Å². The quantitative estimate of drug-likeness (QED) is 0.692. The van der Waals surface area contributed by atoms with Crippen molar-refractivity contribution in [2.75, 3.05) is 19.6 Å². The number of rotatable bonds is 4. The predicted molar refractivity (Wildman–Crippen MR) is 82.4 cm³/mol. The predicted octanol–water partition coefficient (Wildman–Crippen LogP) is 2.29. The molecular formula is C16H19N3O2. The number of carbonyl (C=O) groups is 1. The summed E-state index contributed by atoms with van der Waals surface area (Å²) in [7, 11) is 0. The summed E-state index contributed by atoms with van der Waals surface area (Å²) in [6, 6.07) is 7.80. The summed E-state index contributed by atoms with van der Waals surface area (Å²) < 4.78 is 5.65. The van der Waals surface area contributed by atoms with Crippen LogP contribution in [-0.4, -0.2) is 36.7 Å². The number of hydrazone groups is 1. The van der Waals surface area contributed by atoms with Crippen LogP contribution in [0.2, 0.25) is 0 Å². The SMILES string of the molecule is Cc1oc2ccccc2c1C=NNC(=O)CN1CCCC1. The molecule has 1 aliphatic heterocycles. The van der Waals surface area contributed by atoms with Gasteiger partial charge in [-0.25, -0.2) is 5.43 Å². The van der Waals surface area contributed by atoms with E-state index in [1.165, 1.54) is 12.8 Å². The number of hydrogen-bond donors (Lipinski definition) is 1. The molecule has 1 aromatic carbocycles. The largest absolute Gasteiger partial charge is 0.461 e. The minimum absolute atomic E-state index is 0.0707. The van der Waals surface area contributed by atoms with Gasteiger partial charge in [0.2, 0.25) is 0 Å². The van der Waals surface area contributed by atoms with E-state index < -0.39 is 0 Å². The first-order chi connectivity index (χ1) is 10.2. The summed E-state index contributed by atoms with van der Waals surface area (Å²) in [6.45, 7) is 4.32. The molecule has 0 saturated carbocycles. The molecule has 3 rings (SSSR count). The van der Waals surface area contributed by atoms with E-state index in [0.717, 1.165) is 35.4 Å². The van der Waals surface area contributed by atoms with Gasteiger partial charge in [-0.15, -0.1) is 0 Å². The monoisotopic (exact) mass is 285 g/mol. The summed E-state index contributed by atoms with van der Waals surface area (Å²) in [5.74, 6) is 0.729. The Morgan fingerprint density at radius 3 is 2.95 bits per heavy atom. The minimum atomic E-state index is -0.0707. The van der Waals surface area contributed by atoms with Crippen LogP contribution < -0.4 is 5.43 Å². The molecule has 1 aliphatic rings. The van der Waals surface area contributed by atoms with Crippen molar-refractivity contribution in [2.45, 2.75) is 19.8 Å². The molecule has 1 N–H and O–H groups in total. The molecule has 2 heterocycles. The molecule has 1 fully saturated rings. The van der Waals surface area contributed by atoms with Gasteiger partial charge >= 0.3 is 0 Å². The van der Waals surface area contributed by atoms with Crippen molar-refractivity contribution >= 4 is 23.1 Å².